The first-order chi connectivity index (χ1) is 7.66. The molecule has 1 amide bonds. The third-order valence-corrected chi connectivity index (χ3v) is 3.03. The highest BCUT2D eigenvalue weighted by Gasteiger charge is 2.11. The molecular weight excluding hydrogens is 290 g/mol. The van der Waals surface area contributed by atoms with E-state index < -0.39 is 0 Å². The summed E-state index contributed by atoms with van der Waals surface area (Å²) in [5, 5.41) is 6.47. The molecule has 4 nitrogen and oxygen atoms in total. The normalized spacial score (nSPS) is 10.1. The summed E-state index contributed by atoms with van der Waals surface area (Å²) < 4.78 is 0.720. The molecule has 0 bridgehead atoms. The summed E-state index contributed by atoms with van der Waals surface area (Å²) in [5.74, 6) is -0.0411. The maximum Gasteiger partial charge on any atom is 0.259 e. The van der Waals surface area contributed by atoms with Crippen molar-refractivity contribution in [1.29, 1.82) is 0 Å². The molecule has 2 aromatic rings. The van der Waals surface area contributed by atoms with Crippen molar-refractivity contribution in [1.82, 2.24) is 4.98 Å². The van der Waals surface area contributed by atoms with E-state index in [0.717, 1.165) is 10.2 Å². The summed E-state index contributed by atoms with van der Waals surface area (Å²) >= 11 is 4.76. The lowest BCUT2D eigenvalue weighted by atomic mass is 10.2. The van der Waals surface area contributed by atoms with Gasteiger partial charge in [0.2, 0.25) is 0 Å². The molecule has 0 aliphatic carbocycles. The Hall–Kier alpha value is -1.40. The molecular formula is C10H8BrN3OS. The average Bonchev–Trinajstić information content (AvgIpc) is 2.74. The van der Waals surface area contributed by atoms with Crippen LogP contribution < -0.4 is 11.1 Å². The van der Waals surface area contributed by atoms with E-state index in [4.69, 9.17) is 5.73 Å². The molecule has 2 heterocycles. The topological polar surface area (TPSA) is 68.0 Å². The van der Waals surface area contributed by atoms with Gasteiger partial charge in [-0.15, -0.1) is 0 Å². The van der Waals surface area contributed by atoms with Crippen LogP contribution in [0.2, 0.25) is 0 Å². The maximum atomic E-state index is 11.8. The van der Waals surface area contributed by atoms with Gasteiger partial charge in [0.25, 0.3) is 5.91 Å². The van der Waals surface area contributed by atoms with E-state index in [1.165, 1.54) is 11.3 Å². The van der Waals surface area contributed by atoms with Crippen molar-refractivity contribution >= 4 is 44.7 Å². The zero-order chi connectivity index (χ0) is 11.5. The molecule has 0 fully saturated rings. The van der Waals surface area contributed by atoms with Crippen molar-refractivity contribution in [2.75, 3.05) is 11.1 Å². The van der Waals surface area contributed by atoms with Crippen molar-refractivity contribution in [2.45, 2.75) is 0 Å². The van der Waals surface area contributed by atoms with Crippen molar-refractivity contribution in [3.8, 4) is 0 Å². The van der Waals surface area contributed by atoms with E-state index in [1.54, 1.807) is 12.3 Å². The molecule has 0 atom stereocenters. The van der Waals surface area contributed by atoms with Gasteiger partial charge in [-0.1, -0.05) is 0 Å². The van der Waals surface area contributed by atoms with Gasteiger partial charge in [0.1, 0.15) is 5.82 Å². The van der Waals surface area contributed by atoms with E-state index in [0.29, 0.717) is 5.56 Å². The average molecular weight is 298 g/mol. The summed E-state index contributed by atoms with van der Waals surface area (Å²) in [6, 6.07) is 3.47. The number of nitrogens with zero attached hydrogens (tertiary/aromatic N) is 1. The molecule has 82 valence electrons. The van der Waals surface area contributed by atoms with Crippen LogP contribution in [0.3, 0.4) is 0 Å². The van der Waals surface area contributed by atoms with Gasteiger partial charge >= 0.3 is 0 Å². The Morgan fingerprint density at radius 3 is 3.06 bits per heavy atom. The van der Waals surface area contributed by atoms with Gasteiger partial charge in [-0.3, -0.25) is 4.79 Å². The van der Waals surface area contributed by atoms with Gasteiger partial charge < -0.3 is 11.1 Å². The monoisotopic (exact) mass is 297 g/mol. The van der Waals surface area contributed by atoms with Crippen LogP contribution in [-0.4, -0.2) is 10.9 Å². The number of carbonyl (C=O) groups excluding carboxylic acids is 1. The van der Waals surface area contributed by atoms with Gasteiger partial charge in [-0.2, -0.15) is 11.3 Å². The van der Waals surface area contributed by atoms with Crippen LogP contribution in [0.4, 0.5) is 11.5 Å². The number of nitrogen functional groups attached to an aromatic ring is 1. The van der Waals surface area contributed by atoms with Crippen molar-refractivity contribution in [3.05, 3.63) is 39.1 Å². The van der Waals surface area contributed by atoms with E-state index in [9.17, 15) is 4.79 Å². The minimum Gasteiger partial charge on any atom is -0.383 e. The first-order valence-electron chi connectivity index (χ1n) is 4.41. The SMILES string of the molecule is Nc1ncc(Br)cc1C(=O)Nc1ccsc1. The van der Waals surface area contributed by atoms with E-state index in [1.807, 2.05) is 16.8 Å². The number of carbonyl (C=O) groups is 1. The van der Waals surface area contributed by atoms with E-state index >= 15 is 0 Å². The molecule has 0 aliphatic rings. The lowest BCUT2D eigenvalue weighted by Crippen LogP contribution is -2.14. The predicted molar refractivity (Wildman–Crippen MR) is 68.6 cm³/mol. The summed E-state index contributed by atoms with van der Waals surface area (Å²) in [4.78, 5) is 15.7. The van der Waals surface area contributed by atoms with E-state index in [-0.39, 0.29) is 11.7 Å². The number of hydrogen-bond acceptors (Lipinski definition) is 4. The highest BCUT2D eigenvalue weighted by Crippen LogP contribution is 2.18. The number of anilines is 2. The summed E-state index contributed by atoms with van der Waals surface area (Å²) in [6.07, 6.45) is 1.55. The third-order valence-electron chi connectivity index (χ3n) is 1.91. The molecule has 0 spiro atoms. The zero-order valence-electron chi connectivity index (χ0n) is 8.11. The minimum atomic E-state index is -0.260. The number of aromatic nitrogens is 1. The van der Waals surface area contributed by atoms with Crippen LogP contribution in [-0.2, 0) is 0 Å². The first kappa shape index (κ1) is 11.1. The molecule has 2 aromatic heterocycles. The largest absolute Gasteiger partial charge is 0.383 e. The Balaban J connectivity index is 2.24. The zero-order valence-corrected chi connectivity index (χ0v) is 10.5. The van der Waals surface area contributed by atoms with E-state index in [2.05, 4.69) is 26.2 Å². The van der Waals surface area contributed by atoms with Crippen molar-refractivity contribution in [3.63, 3.8) is 0 Å². The molecule has 0 saturated heterocycles. The second-order valence-electron chi connectivity index (χ2n) is 3.05. The molecule has 2 rings (SSSR count). The lowest BCUT2D eigenvalue weighted by Gasteiger charge is -2.05. The number of nitrogens with two attached hydrogens (primary N) is 1. The summed E-state index contributed by atoms with van der Waals surface area (Å²) in [7, 11) is 0. The van der Waals surface area contributed by atoms with Crippen molar-refractivity contribution < 1.29 is 4.79 Å². The Morgan fingerprint density at radius 2 is 2.38 bits per heavy atom. The highest BCUT2D eigenvalue weighted by molar-refractivity contribution is 9.10. The summed E-state index contributed by atoms with van der Waals surface area (Å²) in [5.41, 5.74) is 6.75. The number of nitrogens with one attached hydrogen (secondary N) is 1. The molecule has 0 unspecified atom stereocenters. The smallest absolute Gasteiger partial charge is 0.259 e. The second kappa shape index (κ2) is 4.63. The van der Waals surface area contributed by atoms with Gasteiger partial charge in [0.05, 0.1) is 11.3 Å². The van der Waals surface area contributed by atoms with Crippen LogP contribution in [0, 0.1) is 0 Å². The Kier molecular flexibility index (Phi) is 3.21. The highest BCUT2D eigenvalue weighted by atomic mass is 79.9. The summed E-state index contributed by atoms with van der Waals surface area (Å²) in [6.45, 7) is 0. The Labute approximate surface area is 105 Å². The van der Waals surface area contributed by atoms with Gasteiger partial charge in [0, 0.05) is 16.0 Å². The Bertz CT molecular complexity index is 513. The van der Waals surface area contributed by atoms with Crippen LogP contribution in [0.15, 0.2) is 33.6 Å². The standard InChI is InChI=1S/C10H8BrN3OS/c11-6-3-8(9(12)13-4-6)10(15)14-7-1-2-16-5-7/h1-5H,(H2,12,13)(H,14,15). The molecule has 0 aromatic carbocycles. The predicted octanol–water partition coefficient (Wildman–Crippen LogP) is 2.74. The minimum absolute atomic E-state index is 0.218. The first-order valence-corrected chi connectivity index (χ1v) is 6.15. The number of amides is 1. The van der Waals surface area contributed by atoms with Crippen LogP contribution >= 0.6 is 27.3 Å². The third kappa shape index (κ3) is 2.40. The quantitative estimate of drug-likeness (QED) is 0.895. The maximum absolute atomic E-state index is 11.8. The number of thiophene rings is 1. The number of hydrogen-bond donors (Lipinski definition) is 2. The number of pyridine rings is 1. The van der Waals surface area contributed by atoms with Gasteiger partial charge in [-0.25, -0.2) is 4.98 Å². The molecule has 0 aliphatic heterocycles. The van der Waals surface area contributed by atoms with Crippen LogP contribution in [0.5, 0.6) is 0 Å². The fourth-order valence-electron chi connectivity index (χ4n) is 1.17. The number of halogens is 1. The van der Waals surface area contributed by atoms with Crippen molar-refractivity contribution in [2.24, 2.45) is 0 Å². The number of rotatable bonds is 2. The second-order valence-corrected chi connectivity index (χ2v) is 4.75. The fourth-order valence-corrected chi connectivity index (χ4v) is 2.08. The van der Waals surface area contributed by atoms with Gasteiger partial charge in [0.15, 0.2) is 0 Å². The fraction of sp³-hybridized carbons (Fsp3) is 0. The molecule has 0 radical (unpaired) electrons. The van der Waals surface area contributed by atoms with Crippen LogP contribution in [0.1, 0.15) is 10.4 Å². The lowest BCUT2D eigenvalue weighted by molar-refractivity contribution is 0.102. The van der Waals surface area contributed by atoms with Crippen LogP contribution in [0.25, 0.3) is 0 Å². The molecule has 0 saturated carbocycles. The molecule has 3 N–H and O–H groups in total. The molecule has 6 heteroatoms. The van der Waals surface area contributed by atoms with Gasteiger partial charge in [-0.05, 0) is 33.4 Å². The molecule has 16 heavy (non-hydrogen) atoms. The Morgan fingerprint density at radius 1 is 1.56 bits per heavy atom.